The van der Waals surface area contributed by atoms with Gasteiger partial charge in [-0.2, -0.15) is 0 Å². The minimum atomic E-state index is -1.15. The zero-order chi connectivity index (χ0) is 26.5. The molecule has 1 fully saturated rings. The van der Waals surface area contributed by atoms with Gasteiger partial charge < -0.3 is 41.6 Å². The molecule has 198 valence electrons. The zero-order valence-electron chi connectivity index (χ0n) is 21.6. The molecule has 1 saturated heterocycles. The Morgan fingerprint density at radius 1 is 1.00 bits per heavy atom. The zero-order valence-corrected chi connectivity index (χ0v) is 21.6. The molecule has 1 aliphatic heterocycles. The van der Waals surface area contributed by atoms with Crippen LogP contribution in [0.2, 0.25) is 0 Å². The molecule has 0 amide bonds. The van der Waals surface area contributed by atoms with E-state index in [0.29, 0.717) is 13.1 Å². The molecule has 0 aliphatic carbocycles. The fourth-order valence-corrected chi connectivity index (χ4v) is 4.65. The summed E-state index contributed by atoms with van der Waals surface area (Å²) in [6.45, 7) is 8.17. The van der Waals surface area contributed by atoms with Crippen LogP contribution in [-0.4, -0.2) is 62.4 Å². The normalized spacial score (nSPS) is 21.2. The van der Waals surface area contributed by atoms with Crippen molar-refractivity contribution >= 4 is 39.1 Å². The number of aryl methyl sites for hydroxylation is 1. The summed E-state index contributed by atoms with van der Waals surface area (Å²) in [6, 6.07) is 14.8. The van der Waals surface area contributed by atoms with Crippen LogP contribution in [-0.2, 0) is 11.3 Å². The van der Waals surface area contributed by atoms with Crippen LogP contribution in [0, 0.1) is 6.92 Å². The standard InChI is InChI=1S/C24H29N7O3.C3H8/c1-13-5-4-8-16-18(13)14-6-2-3-7-15(14)31(16)10-9-27-11-17-20(32)21(33)24(34-17)30-23-19(25)22(26)28-12-29-23;1-3-2/h2-8,12,17,20-21,24,27,32-33H,9-11,25H2,1H3,(H3,26,28,29,30);3H2,1-2H3. The highest BCUT2D eigenvalue weighted by Crippen LogP contribution is 2.31. The lowest BCUT2D eigenvalue weighted by Crippen LogP contribution is -2.39. The first-order valence-electron chi connectivity index (χ1n) is 12.7. The maximum atomic E-state index is 10.5. The number of aliphatic hydroxyl groups excluding tert-OH is 2. The largest absolute Gasteiger partial charge is 0.393 e. The molecule has 0 spiro atoms. The van der Waals surface area contributed by atoms with E-state index in [1.165, 1.54) is 40.1 Å². The van der Waals surface area contributed by atoms with E-state index < -0.39 is 24.5 Å². The highest BCUT2D eigenvalue weighted by atomic mass is 16.6. The van der Waals surface area contributed by atoms with Gasteiger partial charge in [0.15, 0.2) is 17.9 Å². The number of ether oxygens (including phenoxy) is 1. The van der Waals surface area contributed by atoms with E-state index in [4.69, 9.17) is 16.2 Å². The van der Waals surface area contributed by atoms with Gasteiger partial charge in [-0.1, -0.05) is 50.6 Å². The second kappa shape index (κ2) is 11.7. The minimum Gasteiger partial charge on any atom is -0.393 e. The molecule has 10 heteroatoms. The van der Waals surface area contributed by atoms with Crippen molar-refractivity contribution in [1.82, 2.24) is 19.9 Å². The highest BCUT2D eigenvalue weighted by molar-refractivity contribution is 6.09. The summed E-state index contributed by atoms with van der Waals surface area (Å²) in [5.41, 5.74) is 15.4. The van der Waals surface area contributed by atoms with Crippen molar-refractivity contribution in [1.29, 1.82) is 0 Å². The quantitative estimate of drug-likeness (QED) is 0.207. The predicted molar refractivity (Wildman–Crippen MR) is 148 cm³/mol. The molecule has 0 bridgehead atoms. The van der Waals surface area contributed by atoms with Crippen LogP contribution in [0.4, 0.5) is 17.3 Å². The third-order valence-electron chi connectivity index (χ3n) is 6.42. The summed E-state index contributed by atoms with van der Waals surface area (Å²) >= 11 is 0. The molecule has 0 saturated carbocycles. The average molecular weight is 508 g/mol. The van der Waals surface area contributed by atoms with Crippen LogP contribution in [0.25, 0.3) is 21.8 Å². The van der Waals surface area contributed by atoms with Gasteiger partial charge >= 0.3 is 0 Å². The van der Waals surface area contributed by atoms with Crippen LogP contribution < -0.4 is 22.1 Å². The predicted octanol–water partition coefficient (Wildman–Crippen LogP) is 2.62. The van der Waals surface area contributed by atoms with Gasteiger partial charge in [0.05, 0.1) is 0 Å². The SMILES string of the molecule is CCC.Cc1cccc2c1c1ccccc1n2CCNCC1OC(Nc2ncnc(N)c2N)C(O)C1O. The number of para-hydroxylation sites is 1. The Kier molecular flexibility index (Phi) is 8.45. The Morgan fingerprint density at radius 2 is 1.73 bits per heavy atom. The molecule has 8 N–H and O–H groups in total. The van der Waals surface area contributed by atoms with Gasteiger partial charge in [-0.05, 0) is 24.6 Å². The van der Waals surface area contributed by atoms with Crippen molar-refractivity contribution < 1.29 is 14.9 Å². The number of aromatic nitrogens is 3. The lowest BCUT2D eigenvalue weighted by atomic mass is 10.1. The number of rotatable bonds is 7. The first-order chi connectivity index (χ1) is 17.9. The third kappa shape index (κ3) is 5.47. The Hall–Kier alpha value is -3.44. The summed E-state index contributed by atoms with van der Waals surface area (Å²) < 4.78 is 8.14. The summed E-state index contributed by atoms with van der Waals surface area (Å²) in [7, 11) is 0. The molecule has 1 aliphatic rings. The first-order valence-corrected chi connectivity index (χ1v) is 12.7. The molecule has 0 radical (unpaired) electrons. The summed E-state index contributed by atoms with van der Waals surface area (Å²) in [4.78, 5) is 7.84. The van der Waals surface area contributed by atoms with Crippen molar-refractivity contribution in [3.8, 4) is 0 Å². The van der Waals surface area contributed by atoms with Gasteiger partial charge in [0.2, 0.25) is 0 Å². The molecule has 3 heterocycles. The molecule has 2 aromatic heterocycles. The monoisotopic (exact) mass is 507 g/mol. The number of hydrogen-bond donors (Lipinski definition) is 6. The van der Waals surface area contributed by atoms with E-state index in [-0.39, 0.29) is 17.3 Å². The molecule has 4 aromatic rings. The van der Waals surface area contributed by atoms with Crippen molar-refractivity contribution in [3.05, 3.63) is 54.4 Å². The molecule has 10 nitrogen and oxygen atoms in total. The fourth-order valence-electron chi connectivity index (χ4n) is 4.65. The summed E-state index contributed by atoms with van der Waals surface area (Å²) in [6.07, 6.45) is -1.18. The van der Waals surface area contributed by atoms with Crippen LogP contribution in [0.15, 0.2) is 48.8 Å². The third-order valence-corrected chi connectivity index (χ3v) is 6.42. The number of benzene rings is 2. The van der Waals surface area contributed by atoms with Crippen molar-refractivity contribution in [2.24, 2.45) is 0 Å². The Morgan fingerprint density at radius 3 is 2.51 bits per heavy atom. The maximum absolute atomic E-state index is 10.5. The van der Waals surface area contributed by atoms with Crippen molar-refractivity contribution in [2.45, 2.75) is 58.3 Å². The van der Waals surface area contributed by atoms with Gasteiger partial charge in [0.25, 0.3) is 0 Å². The van der Waals surface area contributed by atoms with Crippen LogP contribution in [0.1, 0.15) is 25.8 Å². The van der Waals surface area contributed by atoms with E-state index >= 15 is 0 Å². The molecule has 2 aromatic carbocycles. The number of nitrogens with one attached hydrogen (secondary N) is 2. The first kappa shape index (κ1) is 26.6. The second-order valence-corrected chi connectivity index (χ2v) is 9.29. The van der Waals surface area contributed by atoms with E-state index in [1.807, 2.05) is 0 Å². The fraction of sp³-hybridized carbons (Fsp3) is 0.407. The molecule has 4 atom stereocenters. The maximum Gasteiger partial charge on any atom is 0.158 e. The molecular formula is C27H37N7O3. The van der Waals surface area contributed by atoms with E-state index in [1.54, 1.807) is 0 Å². The lowest BCUT2D eigenvalue weighted by molar-refractivity contribution is 0.0194. The van der Waals surface area contributed by atoms with Crippen molar-refractivity contribution in [2.75, 3.05) is 29.9 Å². The average Bonchev–Trinajstić information content (AvgIpc) is 3.35. The summed E-state index contributed by atoms with van der Waals surface area (Å²) in [5, 5.41) is 29.7. The second-order valence-electron chi connectivity index (χ2n) is 9.29. The number of nitrogens with two attached hydrogens (primary N) is 2. The number of hydrogen-bond acceptors (Lipinski definition) is 9. The molecular weight excluding hydrogens is 470 g/mol. The van der Waals surface area contributed by atoms with E-state index in [0.717, 1.165) is 6.54 Å². The lowest BCUT2D eigenvalue weighted by Gasteiger charge is -2.18. The number of nitrogen functional groups attached to an aromatic ring is 2. The topological polar surface area (TPSA) is 156 Å². The molecule has 5 rings (SSSR count). The van der Waals surface area contributed by atoms with Crippen LogP contribution >= 0.6 is 0 Å². The van der Waals surface area contributed by atoms with Gasteiger partial charge in [-0.3, -0.25) is 0 Å². The number of nitrogens with zero attached hydrogens (tertiary/aromatic N) is 3. The summed E-state index contributed by atoms with van der Waals surface area (Å²) in [5.74, 6) is 0.378. The Bertz CT molecular complexity index is 1340. The van der Waals surface area contributed by atoms with Crippen molar-refractivity contribution in [3.63, 3.8) is 0 Å². The Balaban J connectivity index is 0.00000102. The van der Waals surface area contributed by atoms with Gasteiger partial charge in [0.1, 0.15) is 30.3 Å². The van der Waals surface area contributed by atoms with Gasteiger partial charge in [0, 0.05) is 41.4 Å². The number of aliphatic hydroxyl groups is 2. The van der Waals surface area contributed by atoms with Gasteiger partial charge in [-0.15, -0.1) is 0 Å². The van der Waals surface area contributed by atoms with E-state index in [9.17, 15) is 10.2 Å². The smallest absolute Gasteiger partial charge is 0.158 e. The molecule has 4 unspecified atom stereocenters. The highest BCUT2D eigenvalue weighted by Gasteiger charge is 2.42. The number of fused-ring (bicyclic) bond motifs is 3. The van der Waals surface area contributed by atoms with Crippen LogP contribution in [0.5, 0.6) is 0 Å². The van der Waals surface area contributed by atoms with Gasteiger partial charge in [-0.25, -0.2) is 9.97 Å². The Labute approximate surface area is 216 Å². The van der Waals surface area contributed by atoms with Crippen LogP contribution in [0.3, 0.4) is 0 Å². The van der Waals surface area contributed by atoms with E-state index in [2.05, 4.69) is 88.4 Å². The molecule has 37 heavy (non-hydrogen) atoms. The number of anilines is 3. The minimum absolute atomic E-state index is 0.129.